The first-order valence-corrected chi connectivity index (χ1v) is 7.86. The average Bonchev–Trinajstić information content (AvgIpc) is 2.57. The molecule has 8 nitrogen and oxygen atoms in total. The number of nitrogens with one attached hydrogen (secondary N) is 2. The zero-order valence-corrected chi connectivity index (χ0v) is 13.9. The fraction of sp³-hybridized carbons (Fsp3) is 0.500. The van der Waals surface area contributed by atoms with Crippen molar-refractivity contribution in [2.75, 3.05) is 18.5 Å². The Kier molecular flexibility index (Phi) is 8.24. The highest BCUT2D eigenvalue weighted by Crippen LogP contribution is 2.22. The molecular formula is C16H23N3O5. The number of nitro groups is 1. The molecule has 0 aliphatic carbocycles. The van der Waals surface area contributed by atoms with E-state index < -0.39 is 10.9 Å². The van der Waals surface area contributed by atoms with Crippen molar-refractivity contribution in [3.05, 3.63) is 34.4 Å². The van der Waals surface area contributed by atoms with Gasteiger partial charge in [0.15, 0.2) is 6.61 Å². The second-order valence-corrected chi connectivity index (χ2v) is 5.34. The maximum atomic E-state index is 11.6. The van der Waals surface area contributed by atoms with Crippen molar-refractivity contribution in [2.24, 2.45) is 0 Å². The molecule has 132 valence electrons. The molecule has 2 N–H and O–H groups in total. The molecule has 0 saturated carbocycles. The zero-order valence-electron chi connectivity index (χ0n) is 13.9. The lowest BCUT2D eigenvalue weighted by atomic mass is 10.2. The predicted molar refractivity (Wildman–Crippen MR) is 89.7 cm³/mol. The maximum absolute atomic E-state index is 11.6. The molecule has 0 saturated heterocycles. The molecule has 0 spiro atoms. The number of para-hydroxylation sites is 2. The van der Waals surface area contributed by atoms with Gasteiger partial charge in [0.2, 0.25) is 0 Å². The van der Waals surface area contributed by atoms with Crippen molar-refractivity contribution < 1.29 is 19.2 Å². The van der Waals surface area contributed by atoms with E-state index in [9.17, 15) is 19.7 Å². The minimum atomic E-state index is -0.473. The maximum Gasteiger partial charge on any atom is 0.306 e. The van der Waals surface area contributed by atoms with Gasteiger partial charge >= 0.3 is 5.97 Å². The molecule has 0 heterocycles. The fourth-order valence-corrected chi connectivity index (χ4v) is 1.87. The second-order valence-electron chi connectivity index (χ2n) is 5.34. The Bertz CT molecular complexity index is 577. The fourth-order valence-electron chi connectivity index (χ4n) is 1.87. The number of amides is 1. The van der Waals surface area contributed by atoms with E-state index in [2.05, 4.69) is 10.6 Å². The highest BCUT2D eigenvalue weighted by atomic mass is 16.6. The van der Waals surface area contributed by atoms with Gasteiger partial charge in [0, 0.05) is 25.1 Å². The first kappa shape index (κ1) is 19.4. The van der Waals surface area contributed by atoms with Crippen molar-refractivity contribution >= 4 is 23.3 Å². The zero-order chi connectivity index (χ0) is 17.9. The molecule has 1 rings (SSSR count). The second kappa shape index (κ2) is 10.2. The number of anilines is 1. The molecule has 0 aromatic heterocycles. The highest BCUT2D eigenvalue weighted by Gasteiger charge is 2.12. The van der Waals surface area contributed by atoms with Crippen molar-refractivity contribution in [1.82, 2.24) is 5.32 Å². The van der Waals surface area contributed by atoms with E-state index in [-0.39, 0.29) is 30.7 Å². The number of carbonyl (C=O) groups excluding carboxylic acids is 2. The summed E-state index contributed by atoms with van der Waals surface area (Å²) in [4.78, 5) is 33.4. The summed E-state index contributed by atoms with van der Waals surface area (Å²) >= 11 is 0. The minimum absolute atomic E-state index is 0.0122. The summed E-state index contributed by atoms with van der Waals surface area (Å²) in [6.07, 6.45) is 1.37. The first-order chi connectivity index (χ1) is 11.4. The number of benzene rings is 1. The molecule has 0 aliphatic heterocycles. The Morgan fingerprint density at radius 3 is 2.71 bits per heavy atom. The van der Waals surface area contributed by atoms with E-state index in [4.69, 9.17) is 4.74 Å². The number of carbonyl (C=O) groups is 2. The first-order valence-electron chi connectivity index (χ1n) is 7.86. The number of nitrogens with zero attached hydrogens (tertiary/aromatic N) is 1. The van der Waals surface area contributed by atoms with Gasteiger partial charge in [-0.15, -0.1) is 0 Å². The number of hydrogen-bond donors (Lipinski definition) is 2. The van der Waals surface area contributed by atoms with Gasteiger partial charge in [-0.05, 0) is 25.8 Å². The Hall–Kier alpha value is -2.64. The third kappa shape index (κ3) is 7.08. The Morgan fingerprint density at radius 2 is 2.04 bits per heavy atom. The summed E-state index contributed by atoms with van der Waals surface area (Å²) in [5.41, 5.74) is 0.394. The largest absolute Gasteiger partial charge is 0.456 e. The van der Waals surface area contributed by atoms with Crippen LogP contribution in [-0.2, 0) is 14.3 Å². The van der Waals surface area contributed by atoms with Gasteiger partial charge in [-0.25, -0.2) is 0 Å². The number of esters is 1. The number of ether oxygens (including phenoxy) is 1. The Balaban J connectivity index is 2.25. The number of nitro benzene ring substituents is 1. The van der Waals surface area contributed by atoms with Crippen LogP contribution in [0.15, 0.2) is 24.3 Å². The summed E-state index contributed by atoms with van der Waals surface area (Å²) in [6.45, 7) is 3.91. The molecule has 1 aromatic carbocycles. The van der Waals surface area contributed by atoms with Gasteiger partial charge in [0.25, 0.3) is 11.6 Å². The molecule has 1 aromatic rings. The summed E-state index contributed by atoms with van der Waals surface area (Å²) in [5, 5.41) is 16.5. The molecule has 0 bridgehead atoms. The Morgan fingerprint density at radius 1 is 1.33 bits per heavy atom. The van der Waals surface area contributed by atoms with Crippen LogP contribution in [0.1, 0.15) is 33.1 Å². The lowest BCUT2D eigenvalue weighted by molar-refractivity contribution is -0.384. The van der Waals surface area contributed by atoms with Gasteiger partial charge in [0.05, 0.1) is 4.92 Å². The summed E-state index contributed by atoms with van der Waals surface area (Å²) in [5.74, 6) is -0.797. The van der Waals surface area contributed by atoms with Crippen LogP contribution in [0.25, 0.3) is 0 Å². The molecule has 8 heteroatoms. The van der Waals surface area contributed by atoms with E-state index >= 15 is 0 Å². The third-order valence-electron chi connectivity index (χ3n) is 3.36. The van der Waals surface area contributed by atoms with Crippen LogP contribution in [-0.4, -0.2) is 36.0 Å². The molecule has 1 amide bonds. The summed E-state index contributed by atoms with van der Waals surface area (Å²) in [6, 6.07) is 6.34. The van der Waals surface area contributed by atoms with Crippen LogP contribution in [0.5, 0.6) is 0 Å². The van der Waals surface area contributed by atoms with Gasteiger partial charge in [-0.1, -0.05) is 19.1 Å². The van der Waals surface area contributed by atoms with Crippen LogP contribution < -0.4 is 10.6 Å². The van der Waals surface area contributed by atoms with Gasteiger partial charge < -0.3 is 15.4 Å². The SMILES string of the molecule is CC[C@H](C)NC(=O)COC(=O)CCCNc1ccccc1[N+](=O)[O-]. The number of hydrogen-bond acceptors (Lipinski definition) is 6. The smallest absolute Gasteiger partial charge is 0.306 e. The third-order valence-corrected chi connectivity index (χ3v) is 3.36. The van der Waals surface area contributed by atoms with Gasteiger partial charge in [-0.3, -0.25) is 19.7 Å². The molecule has 1 atom stereocenters. The average molecular weight is 337 g/mol. The molecule has 0 aliphatic rings. The van der Waals surface area contributed by atoms with Gasteiger partial charge in [0.1, 0.15) is 5.69 Å². The Labute approximate surface area is 140 Å². The van der Waals surface area contributed by atoms with Crippen LogP contribution >= 0.6 is 0 Å². The molecule has 0 fully saturated rings. The standard InChI is InChI=1S/C16H23N3O5/c1-3-12(2)18-15(20)11-24-16(21)9-6-10-17-13-7-4-5-8-14(13)19(22)23/h4-5,7-8,12,17H,3,6,9-11H2,1-2H3,(H,18,20)/t12-/m0/s1. The van der Waals surface area contributed by atoms with Crippen LogP contribution in [0.2, 0.25) is 0 Å². The van der Waals surface area contributed by atoms with Crippen molar-refractivity contribution in [3.63, 3.8) is 0 Å². The predicted octanol–water partition coefficient (Wildman–Crippen LogP) is 2.24. The monoisotopic (exact) mass is 337 g/mol. The molecule has 0 unspecified atom stereocenters. The van der Waals surface area contributed by atoms with Crippen LogP contribution in [0.3, 0.4) is 0 Å². The summed E-state index contributed by atoms with van der Waals surface area (Å²) < 4.78 is 4.88. The van der Waals surface area contributed by atoms with Crippen molar-refractivity contribution in [3.8, 4) is 0 Å². The van der Waals surface area contributed by atoms with Gasteiger partial charge in [-0.2, -0.15) is 0 Å². The lowest BCUT2D eigenvalue weighted by Crippen LogP contribution is -2.35. The normalized spacial score (nSPS) is 11.4. The van der Waals surface area contributed by atoms with Crippen molar-refractivity contribution in [1.29, 1.82) is 0 Å². The highest BCUT2D eigenvalue weighted by molar-refractivity contribution is 5.80. The van der Waals surface area contributed by atoms with E-state index in [1.54, 1.807) is 18.2 Å². The van der Waals surface area contributed by atoms with E-state index in [0.29, 0.717) is 18.7 Å². The van der Waals surface area contributed by atoms with E-state index in [1.165, 1.54) is 6.07 Å². The van der Waals surface area contributed by atoms with Crippen molar-refractivity contribution in [2.45, 2.75) is 39.2 Å². The van der Waals surface area contributed by atoms with Crippen LogP contribution in [0.4, 0.5) is 11.4 Å². The van der Waals surface area contributed by atoms with E-state index in [1.807, 2.05) is 13.8 Å². The van der Waals surface area contributed by atoms with Crippen LogP contribution in [0, 0.1) is 10.1 Å². The topological polar surface area (TPSA) is 111 Å². The quantitative estimate of drug-likeness (QED) is 0.293. The molecule has 24 heavy (non-hydrogen) atoms. The lowest BCUT2D eigenvalue weighted by Gasteiger charge is -2.11. The van der Waals surface area contributed by atoms with E-state index in [0.717, 1.165) is 6.42 Å². The molecule has 0 radical (unpaired) electrons. The number of rotatable bonds is 10. The molecular weight excluding hydrogens is 314 g/mol. The minimum Gasteiger partial charge on any atom is -0.456 e. The summed E-state index contributed by atoms with van der Waals surface area (Å²) in [7, 11) is 0.